The largest absolute Gasteiger partial charge is 0.438 e. The highest BCUT2D eigenvalue weighted by molar-refractivity contribution is 6.30. The molecule has 28 heavy (non-hydrogen) atoms. The van der Waals surface area contributed by atoms with Crippen LogP contribution in [0.5, 0.6) is 11.6 Å². The number of halogens is 1. The van der Waals surface area contributed by atoms with Gasteiger partial charge in [-0.05, 0) is 66.0 Å². The third kappa shape index (κ3) is 3.72. The maximum absolute atomic E-state index is 12.8. The van der Waals surface area contributed by atoms with Gasteiger partial charge in [0.25, 0.3) is 11.5 Å². The van der Waals surface area contributed by atoms with E-state index in [-0.39, 0.29) is 22.9 Å². The lowest BCUT2D eigenvalue weighted by molar-refractivity contribution is 0.102. The quantitative estimate of drug-likeness (QED) is 0.531. The number of aromatic amines is 1. The second-order valence-corrected chi connectivity index (χ2v) is 6.41. The molecule has 2 aromatic carbocycles. The molecule has 0 saturated carbocycles. The molecule has 4 rings (SSSR count). The smallest absolute Gasteiger partial charge is 0.261 e. The van der Waals surface area contributed by atoms with Crippen molar-refractivity contribution in [2.45, 2.75) is 0 Å². The lowest BCUT2D eigenvalue weighted by atomic mass is 10.1. The van der Waals surface area contributed by atoms with Crippen molar-refractivity contribution >= 4 is 34.0 Å². The molecule has 0 aliphatic rings. The summed E-state index contributed by atoms with van der Waals surface area (Å²) in [5, 5.41) is 4.67. The van der Waals surface area contributed by atoms with Crippen molar-refractivity contribution in [3.63, 3.8) is 0 Å². The molecule has 4 aromatic rings. The number of benzene rings is 2. The summed E-state index contributed by atoms with van der Waals surface area (Å²) in [4.78, 5) is 31.3. The molecule has 138 valence electrons. The molecular formula is C21H14ClN3O3. The number of aromatic nitrogens is 2. The zero-order valence-electron chi connectivity index (χ0n) is 14.5. The number of rotatable bonds is 4. The zero-order chi connectivity index (χ0) is 19.5. The first kappa shape index (κ1) is 17.8. The van der Waals surface area contributed by atoms with Crippen LogP contribution in [0.3, 0.4) is 0 Å². The number of fused-ring (bicyclic) bond motifs is 1. The van der Waals surface area contributed by atoms with E-state index in [1.165, 1.54) is 0 Å². The number of hydrogen-bond acceptors (Lipinski definition) is 4. The van der Waals surface area contributed by atoms with Gasteiger partial charge in [-0.1, -0.05) is 11.6 Å². The van der Waals surface area contributed by atoms with Crippen LogP contribution in [0.2, 0.25) is 5.02 Å². The molecular weight excluding hydrogens is 378 g/mol. The zero-order valence-corrected chi connectivity index (χ0v) is 15.2. The number of nitrogens with zero attached hydrogens (tertiary/aromatic N) is 1. The van der Waals surface area contributed by atoms with E-state index in [9.17, 15) is 9.59 Å². The SMILES string of the molecule is O=C(Nc1ccc2c(=O)[nH]ccc2c1)c1cccnc1Oc1ccc(Cl)cc1. The Bertz CT molecular complexity index is 1220. The average molecular weight is 392 g/mol. The van der Waals surface area contributed by atoms with Gasteiger partial charge in [-0.2, -0.15) is 0 Å². The van der Waals surface area contributed by atoms with Crippen molar-refractivity contribution in [1.82, 2.24) is 9.97 Å². The molecule has 2 heterocycles. The first-order valence-corrected chi connectivity index (χ1v) is 8.79. The van der Waals surface area contributed by atoms with E-state index in [1.54, 1.807) is 73.1 Å². The van der Waals surface area contributed by atoms with Crippen molar-refractivity contribution in [1.29, 1.82) is 0 Å². The third-order valence-corrected chi connectivity index (χ3v) is 4.33. The summed E-state index contributed by atoms with van der Waals surface area (Å²) in [5.41, 5.74) is 0.661. The van der Waals surface area contributed by atoms with Gasteiger partial charge in [-0.15, -0.1) is 0 Å². The van der Waals surface area contributed by atoms with Gasteiger partial charge < -0.3 is 15.0 Å². The second-order valence-electron chi connectivity index (χ2n) is 5.98. The van der Waals surface area contributed by atoms with Crippen LogP contribution in [0.4, 0.5) is 5.69 Å². The van der Waals surface area contributed by atoms with E-state index in [4.69, 9.17) is 16.3 Å². The molecule has 7 heteroatoms. The molecule has 0 saturated heterocycles. The van der Waals surface area contributed by atoms with Gasteiger partial charge in [0.2, 0.25) is 5.88 Å². The summed E-state index contributed by atoms with van der Waals surface area (Å²) in [5.74, 6) is 0.322. The number of H-pyrrole nitrogens is 1. The minimum atomic E-state index is -0.374. The van der Waals surface area contributed by atoms with Crippen LogP contribution in [0.15, 0.2) is 77.9 Å². The fraction of sp³-hybridized carbons (Fsp3) is 0. The molecule has 0 aliphatic heterocycles. The van der Waals surface area contributed by atoms with Gasteiger partial charge >= 0.3 is 0 Å². The highest BCUT2D eigenvalue weighted by Crippen LogP contribution is 2.25. The van der Waals surface area contributed by atoms with Crippen molar-refractivity contribution in [2.24, 2.45) is 0 Å². The molecule has 2 aromatic heterocycles. The number of nitrogens with one attached hydrogen (secondary N) is 2. The van der Waals surface area contributed by atoms with Gasteiger partial charge in [0.1, 0.15) is 11.3 Å². The summed E-state index contributed by atoms with van der Waals surface area (Å²) in [7, 11) is 0. The van der Waals surface area contributed by atoms with Gasteiger partial charge in [-0.3, -0.25) is 9.59 Å². The monoisotopic (exact) mass is 391 g/mol. The Hall–Kier alpha value is -3.64. The summed E-state index contributed by atoms with van der Waals surface area (Å²) in [6.07, 6.45) is 3.11. The van der Waals surface area contributed by atoms with E-state index in [2.05, 4.69) is 15.3 Å². The summed E-state index contributed by atoms with van der Waals surface area (Å²) in [6.45, 7) is 0. The predicted molar refractivity (Wildman–Crippen MR) is 108 cm³/mol. The number of carbonyl (C=O) groups excluding carboxylic acids is 1. The van der Waals surface area contributed by atoms with Crippen molar-refractivity contribution in [3.05, 3.63) is 94.0 Å². The Morgan fingerprint density at radius 2 is 1.89 bits per heavy atom. The van der Waals surface area contributed by atoms with Crippen LogP contribution in [-0.2, 0) is 0 Å². The molecule has 0 spiro atoms. The van der Waals surface area contributed by atoms with E-state index in [0.717, 1.165) is 5.39 Å². The summed E-state index contributed by atoms with van der Waals surface area (Å²) in [6, 6.07) is 16.9. The van der Waals surface area contributed by atoms with E-state index < -0.39 is 0 Å². The van der Waals surface area contributed by atoms with Crippen LogP contribution in [0.25, 0.3) is 10.8 Å². The van der Waals surface area contributed by atoms with Gasteiger partial charge in [0.15, 0.2) is 0 Å². The van der Waals surface area contributed by atoms with Crippen LogP contribution in [-0.4, -0.2) is 15.9 Å². The van der Waals surface area contributed by atoms with Crippen LogP contribution >= 0.6 is 11.6 Å². The van der Waals surface area contributed by atoms with Crippen LogP contribution < -0.4 is 15.6 Å². The molecule has 0 aliphatic carbocycles. The maximum Gasteiger partial charge on any atom is 0.261 e. The summed E-state index contributed by atoms with van der Waals surface area (Å²) < 4.78 is 5.73. The van der Waals surface area contributed by atoms with E-state index >= 15 is 0 Å². The number of anilines is 1. The topological polar surface area (TPSA) is 84.1 Å². The first-order chi connectivity index (χ1) is 13.6. The normalized spacial score (nSPS) is 10.6. The van der Waals surface area contributed by atoms with E-state index in [0.29, 0.717) is 21.8 Å². The number of hydrogen-bond donors (Lipinski definition) is 2. The Balaban J connectivity index is 1.60. The fourth-order valence-electron chi connectivity index (χ4n) is 2.73. The lowest BCUT2D eigenvalue weighted by Gasteiger charge is -2.11. The van der Waals surface area contributed by atoms with Gasteiger partial charge in [0.05, 0.1) is 0 Å². The summed E-state index contributed by atoms with van der Waals surface area (Å²) >= 11 is 5.88. The predicted octanol–water partition coefficient (Wildman–Crippen LogP) is 4.62. The van der Waals surface area contributed by atoms with Crippen LogP contribution in [0.1, 0.15) is 10.4 Å². The maximum atomic E-state index is 12.8. The third-order valence-electron chi connectivity index (χ3n) is 4.08. The minimum Gasteiger partial charge on any atom is -0.438 e. The fourth-order valence-corrected chi connectivity index (χ4v) is 2.85. The number of ether oxygens (including phenoxy) is 1. The second kappa shape index (κ2) is 7.54. The number of pyridine rings is 2. The Labute approximate surface area is 164 Å². The molecule has 0 fully saturated rings. The number of carbonyl (C=O) groups is 1. The highest BCUT2D eigenvalue weighted by Gasteiger charge is 2.15. The molecule has 0 radical (unpaired) electrons. The van der Waals surface area contributed by atoms with Gasteiger partial charge in [0, 0.05) is 28.5 Å². The Kier molecular flexibility index (Phi) is 4.78. The standard InChI is InChI=1S/C21H14ClN3O3/c22-14-3-6-16(7-4-14)28-21-18(2-1-10-24-21)20(27)25-15-5-8-17-13(12-15)9-11-23-19(17)26/h1-12H,(H,23,26)(H,25,27). The van der Waals surface area contributed by atoms with Crippen LogP contribution in [0, 0.1) is 0 Å². The highest BCUT2D eigenvalue weighted by atomic mass is 35.5. The molecule has 0 atom stereocenters. The number of amides is 1. The molecule has 2 N–H and O–H groups in total. The van der Waals surface area contributed by atoms with Gasteiger partial charge in [-0.25, -0.2) is 4.98 Å². The average Bonchev–Trinajstić information content (AvgIpc) is 2.70. The molecule has 1 amide bonds. The van der Waals surface area contributed by atoms with Crippen molar-refractivity contribution < 1.29 is 9.53 Å². The molecule has 0 unspecified atom stereocenters. The first-order valence-electron chi connectivity index (χ1n) is 8.41. The minimum absolute atomic E-state index is 0.179. The van der Waals surface area contributed by atoms with Crippen molar-refractivity contribution in [2.75, 3.05) is 5.32 Å². The van der Waals surface area contributed by atoms with E-state index in [1.807, 2.05) is 0 Å². The molecule has 6 nitrogen and oxygen atoms in total. The lowest BCUT2D eigenvalue weighted by Crippen LogP contribution is -2.14. The Morgan fingerprint density at radius 1 is 1.07 bits per heavy atom. The van der Waals surface area contributed by atoms with Crippen molar-refractivity contribution in [3.8, 4) is 11.6 Å². The molecule has 0 bridgehead atoms. The Morgan fingerprint density at radius 3 is 2.71 bits per heavy atom.